The van der Waals surface area contributed by atoms with Crippen molar-refractivity contribution in [2.45, 2.75) is 52.1 Å². The van der Waals surface area contributed by atoms with Crippen LogP contribution in [0.5, 0.6) is 0 Å². The number of nitrogens with zero attached hydrogens (tertiary/aromatic N) is 1. The van der Waals surface area contributed by atoms with Gasteiger partial charge in [-0.2, -0.15) is 0 Å². The quantitative estimate of drug-likeness (QED) is 0.761. The van der Waals surface area contributed by atoms with Gasteiger partial charge in [-0.25, -0.2) is 4.79 Å². The zero-order chi connectivity index (χ0) is 12.9. The molecule has 1 saturated heterocycles. The molecule has 0 aromatic heterocycles. The van der Waals surface area contributed by atoms with Crippen LogP contribution < -0.4 is 0 Å². The van der Waals surface area contributed by atoms with Crippen LogP contribution in [0.3, 0.4) is 0 Å². The van der Waals surface area contributed by atoms with Gasteiger partial charge in [0.05, 0.1) is 0 Å². The monoisotopic (exact) mass is 240 g/mol. The van der Waals surface area contributed by atoms with Crippen LogP contribution in [0.15, 0.2) is 0 Å². The van der Waals surface area contributed by atoms with Gasteiger partial charge in [-0.3, -0.25) is 4.79 Å². The Morgan fingerprint density at radius 3 is 2.41 bits per heavy atom. The van der Waals surface area contributed by atoms with E-state index in [1.54, 1.807) is 4.90 Å². The van der Waals surface area contributed by atoms with Crippen LogP contribution in [0.4, 0.5) is 4.79 Å². The maximum Gasteiger partial charge on any atom is 0.410 e. The molecule has 1 heterocycles. The van der Waals surface area contributed by atoms with Gasteiger partial charge in [-0.1, -0.05) is 0 Å². The van der Waals surface area contributed by atoms with Crippen molar-refractivity contribution in [1.82, 2.24) is 4.90 Å². The third-order valence-corrected chi connectivity index (χ3v) is 2.92. The van der Waals surface area contributed by atoms with E-state index in [1.165, 1.54) is 0 Å². The smallest absolute Gasteiger partial charge is 0.410 e. The molecule has 17 heavy (non-hydrogen) atoms. The van der Waals surface area contributed by atoms with Gasteiger partial charge >= 0.3 is 6.09 Å². The Bertz CT molecular complexity index is 262. The third-order valence-electron chi connectivity index (χ3n) is 2.92. The van der Waals surface area contributed by atoms with Gasteiger partial charge in [0.1, 0.15) is 5.60 Å². The van der Waals surface area contributed by atoms with Gasteiger partial charge in [0.15, 0.2) is 6.29 Å². The lowest BCUT2D eigenvalue weighted by molar-refractivity contribution is 0.0182. The van der Waals surface area contributed by atoms with Gasteiger partial charge < -0.3 is 9.64 Å². The van der Waals surface area contributed by atoms with E-state index in [-0.39, 0.29) is 6.09 Å². The highest BCUT2D eigenvalue weighted by Crippen LogP contribution is 2.22. The maximum absolute atomic E-state index is 11.8. The summed E-state index contributed by atoms with van der Waals surface area (Å²) in [5.74, 6) is 0.551. The number of hydrogen-bond acceptors (Lipinski definition) is 3. The van der Waals surface area contributed by atoms with Gasteiger partial charge in [0.25, 0.3) is 0 Å². The van der Waals surface area contributed by atoms with E-state index in [2.05, 4.69) is 0 Å². The molecule has 0 atom stereocenters. The second-order valence-corrected chi connectivity index (χ2v) is 5.59. The van der Waals surface area contributed by atoms with E-state index in [0.717, 1.165) is 32.4 Å². The van der Waals surface area contributed by atoms with Crippen molar-refractivity contribution in [1.29, 1.82) is 0 Å². The minimum atomic E-state index is -0.430. The first-order valence-electron chi connectivity index (χ1n) is 6.25. The summed E-state index contributed by atoms with van der Waals surface area (Å²) in [6.45, 7) is 7.09. The normalized spacial score (nSPS) is 17.9. The second kappa shape index (κ2) is 6.03. The molecule has 1 fully saturated rings. The zero-order valence-electron chi connectivity index (χ0n) is 11.0. The Hall–Kier alpha value is -1.06. The summed E-state index contributed by atoms with van der Waals surface area (Å²) in [5.41, 5.74) is -0.430. The minimum Gasteiger partial charge on any atom is -0.444 e. The molecule has 0 bridgehead atoms. The molecule has 0 unspecified atom stereocenters. The highest BCUT2D eigenvalue weighted by molar-refractivity contribution is 5.68. The number of hydrogen-bond donors (Lipinski definition) is 0. The fraction of sp³-hybridized carbons (Fsp3) is 0.846. The summed E-state index contributed by atoms with van der Waals surface area (Å²) in [4.78, 5) is 23.7. The average molecular weight is 240 g/mol. The van der Waals surface area contributed by atoms with Crippen LogP contribution in [0.25, 0.3) is 0 Å². The van der Waals surface area contributed by atoms with Crippen molar-refractivity contribution in [3.8, 4) is 0 Å². The second-order valence-electron chi connectivity index (χ2n) is 5.59. The van der Waals surface area contributed by atoms with Crippen molar-refractivity contribution >= 4 is 12.4 Å². The lowest BCUT2D eigenvalue weighted by Crippen LogP contribution is -2.41. The van der Waals surface area contributed by atoms with Crippen LogP contribution in [-0.4, -0.2) is 36.0 Å². The molecule has 4 heteroatoms. The van der Waals surface area contributed by atoms with Crippen LogP contribution in [0.2, 0.25) is 0 Å². The van der Waals surface area contributed by atoms with Crippen molar-refractivity contribution in [2.24, 2.45) is 5.92 Å². The molecule has 1 radical (unpaired) electrons. The molecule has 4 nitrogen and oxygen atoms in total. The SMILES string of the molecule is CC(C)(C)OC(=O)N1CCC(CC[C]=O)CC1. The van der Waals surface area contributed by atoms with E-state index >= 15 is 0 Å². The summed E-state index contributed by atoms with van der Waals surface area (Å²) in [6, 6.07) is 0. The molecule has 0 saturated carbocycles. The Morgan fingerprint density at radius 2 is 1.94 bits per heavy atom. The Balaban J connectivity index is 2.31. The largest absolute Gasteiger partial charge is 0.444 e. The molecule has 0 N–H and O–H groups in total. The minimum absolute atomic E-state index is 0.224. The Kier molecular flexibility index (Phi) is 4.97. The van der Waals surface area contributed by atoms with Crippen molar-refractivity contribution in [3.63, 3.8) is 0 Å². The highest BCUT2D eigenvalue weighted by atomic mass is 16.6. The average Bonchev–Trinajstić information content (AvgIpc) is 2.24. The van der Waals surface area contributed by atoms with E-state index in [1.807, 2.05) is 27.1 Å². The number of piperidine rings is 1. The predicted octanol–water partition coefficient (Wildman–Crippen LogP) is 2.52. The first kappa shape index (κ1) is 14.0. The zero-order valence-corrected chi connectivity index (χ0v) is 11.0. The third kappa shape index (κ3) is 5.20. The van der Waals surface area contributed by atoms with Crippen LogP contribution >= 0.6 is 0 Å². The van der Waals surface area contributed by atoms with Crippen molar-refractivity contribution in [2.75, 3.05) is 13.1 Å². The van der Waals surface area contributed by atoms with E-state index in [9.17, 15) is 9.59 Å². The van der Waals surface area contributed by atoms with Crippen molar-refractivity contribution in [3.05, 3.63) is 0 Å². The topological polar surface area (TPSA) is 46.6 Å². The summed E-state index contributed by atoms with van der Waals surface area (Å²) < 4.78 is 5.32. The predicted molar refractivity (Wildman–Crippen MR) is 65.5 cm³/mol. The number of carbonyl (C=O) groups excluding carboxylic acids is 2. The first-order valence-corrected chi connectivity index (χ1v) is 6.25. The fourth-order valence-electron chi connectivity index (χ4n) is 1.99. The molecular weight excluding hydrogens is 218 g/mol. The highest BCUT2D eigenvalue weighted by Gasteiger charge is 2.26. The summed E-state index contributed by atoms with van der Waals surface area (Å²) >= 11 is 0. The number of rotatable bonds is 3. The molecular formula is C13H22NO3. The molecule has 1 rings (SSSR count). The Labute approximate surface area is 103 Å². The molecule has 0 aliphatic carbocycles. The Morgan fingerprint density at radius 1 is 1.35 bits per heavy atom. The fourth-order valence-corrected chi connectivity index (χ4v) is 1.99. The van der Waals surface area contributed by atoms with Gasteiger partial charge in [-0.05, 0) is 46.0 Å². The van der Waals surface area contributed by atoms with Crippen LogP contribution in [0.1, 0.15) is 46.5 Å². The molecule has 1 aliphatic heterocycles. The van der Waals surface area contributed by atoms with E-state index in [0.29, 0.717) is 12.3 Å². The van der Waals surface area contributed by atoms with Crippen molar-refractivity contribution < 1.29 is 14.3 Å². The number of amides is 1. The standard InChI is InChI=1S/C13H22NO3/c1-13(2,3)17-12(16)14-8-6-11(7-9-14)5-4-10-15/h11H,4-9H2,1-3H3. The number of carbonyl (C=O) groups is 1. The molecule has 0 aromatic rings. The lowest BCUT2D eigenvalue weighted by Gasteiger charge is -2.33. The van der Waals surface area contributed by atoms with E-state index in [4.69, 9.17) is 4.74 Å². The summed E-state index contributed by atoms with van der Waals surface area (Å²) in [7, 11) is 0. The molecule has 1 aliphatic rings. The molecule has 0 spiro atoms. The number of likely N-dealkylation sites (tertiary alicyclic amines) is 1. The maximum atomic E-state index is 11.8. The molecule has 1 amide bonds. The van der Waals surface area contributed by atoms with Crippen LogP contribution in [0, 0.1) is 5.92 Å². The van der Waals surface area contributed by atoms with Gasteiger partial charge in [-0.15, -0.1) is 0 Å². The van der Waals surface area contributed by atoms with Gasteiger partial charge in [0.2, 0.25) is 0 Å². The summed E-state index contributed by atoms with van der Waals surface area (Å²) in [6.07, 6.45) is 5.02. The lowest BCUT2D eigenvalue weighted by atomic mass is 9.93. The number of ether oxygens (including phenoxy) is 1. The first-order chi connectivity index (χ1) is 7.92. The van der Waals surface area contributed by atoms with E-state index < -0.39 is 5.60 Å². The van der Waals surface area contributed by atoms with Crippen LogP contribution in [-0.2, 0) is 9.53 Å². The molecule has 97 valence electrons. The molecule has 0 aromatic carbocycles. The summed E-state index contributed by atoms with van der Waals surface area (Å²) in [5, 5.41) is 0. The van der Waals surface area contributed by atoms with Gasteiger partial charge in [0, 0.05) is 19.5 Å².